The predicted molar refractivity (Wildman–Crippen MR) is 292 cm³/mol. The normalized spacial score (nSPS) is 14.6. The molecule has 5 unspecified atom stereocenters. The molecule has 2 aromatic heterocycles. The summed E-state index contributed by atoms with van der Waals surface area (Å²) in [4.78, 5) is 114. The molecule has 0 fully saturated rings. The third-order valence-corrected chi connectivity index (χ3v) is 20.6. The molecule has 0 saturated carbocycles. The Morgan fingerprint density at radius 3 is 1.63 bits per heavy atom. The quantitative estimate of drug-likeness (QED) is 0.0137. The van der Waals surface area contributed by atoms with Gasteiger partial charge in [-0.25, -0.2) is 0 Å². The van der Waals surface area contributed by atoms with Crippen LogP contribution in [0.3, 0.4) is 0 Å². The molecule has 0 bridgehead atoms. The number of amides is 2. The second kappa shape index (κ2) is 30.2. The van der Waals surface area contributed by atoms with E-state index in [1.807, 2.05) is 31.7 Å². The number of halogens is 2. The number of thioether (sulfide) groups is 2. The van der Waals surface area contributed by atoms with E-state index in [0.717, 1.165) is 61.4 Å². The molecule has 0 aliphatic rings. The van der Waals surface area contributed by atoms with Gasteiger partial charge in [0, 0.05) is 69.9 Å². The van der Waals surface area contributed by atoms with Gasteiger partial charge in [-0.05, 0) is 127 Å². The first-order valence-electron chi connectivity index (χ1n) is 23.2. The Hall–Kier alpha value is -1.64. The Labute approximate surface area is 436 Å². The summed E-state index contributed by atoms with van der Waals surface area (Å²) < 4.78 is 30.2. The first kappa shape index (κ1) is 61.9. The number of fused-ring (bicyclic) bond motifs is 2. The molecule has 5 atom stereocenters. The number of nitrogens with zero attached hydrogens (tertiary/aromatic N) is 6. The fourth-order valence-corrected chi connectivity index (χ4v) is 14.2. The van der Waals surface area contributed by atoms with Crippen LogP contribution in [-0.4, -0.2) is 145 Å². The number of anilines is 2. The lowest BCUT2D eigenvalue weighted by Gasteiger charge is -2.31. The molecule has 0 saturated heterocycles. The summed E-state index contributed by atoms with van der Waals surface area (Å²) in [6.07, 6.45) is 5.96. The zero-order valence-corrected chi connectivity index (χ0v) is 47.1. The van der Waals surface area contributed by atoms with E-state index in [0.29, 0.717) is 63.8 Å². The molecule has 19 nitrogen and oxygen atoms in total. The van der Waals surface area contributed by atoms with Crippen molar-refractivity contribution in [2.75, 3.05) is 67.3 Å². The van der Waals surface area contributed by atoms with Gasteiger partial charge in [0.15, 0.2) is 22.3 Å². The van der Waals surface area contributed by atoms with Crippen LogP contribution in [0.4, 0.5) is 21.0 Å². The van der Waals surface area contributed by atoms with Crippen molar-refractivity contribution in [1.29, 1.82) is 0 Å². The Bertz CT molecular complexity index is 2430. The van der Waals surface area contributed by atoms with E-state index >= 15 is 0 Å². The third-order valence-electron chi connectivity index (χ3n) is 11.7. The zero-order valence-electron chi connectivity index (χ0n) is 40.4. The van der Waals surface area contributed by atoms with Gasteiger partial charge in [-0.2, -0.15) is 0 Å². The SMILES string of the molecule is CCN(CC)CCCC(C)N(C(=O)SCCCC(P(O)OCN(CC)CCCC(C)N(C(=O)SCCNC(P(O)O)P(=O)(O)O)c1ccnc2cc(Cl)ccc12)P(=O)(O)O)c1ccnc2cc(Cl)ccc12. The number of rotatable bonds is 30. The molecule has 0 radical (unpaired) electrons. The summed E-state index contributed by atoms with van der Waals surface area (Å²) >= 11 is 14.4. The van der Waals surface area contributed by atoms with E-state index in [1.165, 1.54) is 0 Å². The van der Waals surface area contributed by atoms with Crippen LogP contribution >= 0.6 is 78.7 Å². The summed E-state index contributed by atoms with van der Waals surface area (Å²) in [5.74, 6) is 0.281. The molecule has 2 aromatic carbocycles. The molecule has 2 amide bonds. The van der Waals surface area contributed by atoms with Crippen LogP contribution in [-0.2, 0) is 13.7 Å². The number of carbonyl (C=O) groups is 2. The van der Waals surface area contributed by atoms with Crippen LogP contribution in [0.15, 0.2) is 60.9 Å². The zero-order chi connectivity index (χ0) is 52.5. The maximum Gasteiger partial charge on any atom is 0.351 e. The van der Waals surface area contributed by atoms with Crippen molar-refractivity contribution >= 4 is 122 Å². The molecule has 2 heterocycles. The standard InChI is InChI=1S/C44H67Cl2N7O12P4S2/c1-6-50(7-2)24-9-12-31(4)52(39-19-21-47-37-28-33(45)15-17-35(37)39)43(54)70-26-11-14-41(68(59,60)61)67(58)65-30-51(8-3)25-10-13-32(5)53(40-20-22-48-38-29-34(46)16-18-36(38)40)44(55)71-27-23-49-42(66(56)57)69(62,63)64/h15-22,28-29,31-32,41-42,49,56-58H,6-14,23-27,30H2,1-5H3,(H2,59,60,61)(H2,62,63,64). The van der Waals surface area contributed by atoms with Crippen LogP contribution < -0.4 is 15.1 Å². The van der Waals surface area contributed by atoms with E-state index in [-0.39, 0.29) is 54.1 Å². The average molecular weight is 1140 g/mol. The average Bonchev–Trinajstić information content (AvgIpc) is 3.30. The number of nitrogens with one attached hydrogen (secondary N) is 1. The van der Waals surface area contributed by atoms with Gasteiger partial charge in [0.1, 0.15) is 12.1 Å². The lowest BCUT2D eigenvalue weighted by molar-refractivity contribution is 0.129. The van der Waals surface area contributed by atoms with Crippen LogP contribution in [0.25, 0.3) is 21.8 Å². The first-order chi connectivity index (χ1) is 33.6. The Kier molecular flexibility index (Phi) is 26.3. The summed E-state index contributed by atoms with van der Waals surface area (Å²) in [5.41, 5.74) is 0.592. The number of hydrogen-bond donors (Lipinski definition) is 8. The highest BCUT2D eigenvalue weighted by atomic mass is 35.5. The van der Waals surface area contributed by atoms with Gasteiger partial charge in [0.25, 0.3) is 10.5 Å². The first-order valence-corrected chi connectivity index (χ1v) is 31.9. The van der Waals surface area contributed by atoms with E-state index in [2.05, 4.69) is 34.0 Å². The van der Waals surface area contributed by atoms with Crippen LogP contribution in [0.1, 0.15) is 73.1 Å². The smallest absolute Gasteiger partial charge is 0.349 e. The second-order valence-corrected chi connectivity index (χ2v) is 26.6. The molecule has 0 spiro atoms. The number of aromatic nitrogens is 2. The van der Waals surface area contributed by atoms with Crippen LogP contribution in [0, 0.1) is 0 Å². The molecule has 0 aliphatic heterocycles. The van der Waals surface area contributed by atoms with Gasteiger partial charge >= 0.3 is 15.2 Å². The van der Waals surface area contributed by atoms with Gasteiger partial charge in [0.05, 0.1) is 22.4 Å². The highest BCUT2D eigenvalue weighted by Gasteiger charge is 2.38. The number of carbonyl (C=O) groups excluding carboxylic acids is 2. The summed E-state index contributed by atoms with van der Waals surface area (Å²) in [7, 11) is -15.3. The maximum atomic E-state index is 14.1. The number of benzene rings is 2. The fourth-order valence-electron chi connectivity index (χ4n) is 7.86. The summed E-state index contributed by atoms with van der Waals surface area (Å²) in [5, 5.41) is 2.78. The van der Waals surface area contributed by atoms with Crippen LogP contribution in [0.2, 0.25) is 10.0 Å². The van der Waals surface area contributed by atoms with E-state index in [1.54, 1.807) is 64.7 Å². The lowest BCUT2D eigenvalue weighted by Crippen LogP contribution is -2.38. The highest BCUT2D eigenvalue weighted by molar-refractivity contribution is 8.14. The van der Waals surface area contributed by atoms with Gasteiger partial charge in [-0.1, -0.05) is 67.5 Å². The maximum absolute atomic E-state index is 14.1. The minimum absolute atomic E-state index is 0.0457. The van der Waals surface area contributed by atoms with Crippen molar-refractivity contribution < 1.29 is 57.5 Å². The molecule has 4 rings (SSSR count). The Morgan fingerprint density at radius 2 is 1.18 bits per heavy atom. The van der Waals surface area contributed by atoms with Crippen LogP contribution in [0.5, 0.6) is 0 Å². The van der Waals surface area contributed by atoms with E-state index in [4.69, 9.17) is 27.7 Å². The topological polar surface area (TPSA) is 270 Å². The van der Waals surface area contributed by atoms with Gasteiger partial charge in [-0.3, -0.25) is 48.7 Å². The van der Waals surface area contributed by atoms with Crippen molar-refractivity contribution in [3.63, 3.8) is 0 Å². The molecule has 27 heteroatoms. The van der Waals surface area contributed by atoms with Gasteiger partial charge < -0.3 is 43.7 Å². The minimum atomic E-state index is -4.87. The van der Waals surface area contributed by atoms with E-state index in [9.17, 15) is 53.0 Å². The monoisotopic (exact) mass is 1140 g/mol. The Morgan fingerprint density at radius 1 is 0.704 bits per heavy atom. The molecule has 4 aromatic rings. The number of pyridine rings is 2. The lowest BCUT2D eigenvalue weighted by atomic mass is 10.1. The molecule has 0 aliphatic carbocycles. The molecule has 71 heavy (non-hydrogen) atoms. The minimum Gasteiger partial charge on any atom is -0.349 e. The number of hydrogen-bond acceptors (Lipinski definition) is 15. The van der Waals surface area contributed by atoms with Crippen molar-refractivity contribution in [2.24, 2.45) is 0 Å². The summed E-state index contributed by atoms with van der Waals surface area (Å²) in [6, 6.07) is 13.4. The summed E-state index contributed by atoms with van der Waals surface area (Å²) in [6.45, 7) is 13.4. The van der Waals surface area contributed by atoms with Crippen molar-refractivity contribution in [1.82, 2.24) is 25.1 Å². The predicted octanol–water partition coefficient (Wildman–Crippen LogP) is 10.0. The van der Waals surface area contributed by atoms with Crippen molar-refractivity contribution in [3.05, 3.63) is 71.0 Å². The molecule has 8 N–H and O–H groups in total. The van der Waals surface area contributed by atoms with Gasteiger partial charge in [0.2, 0.25) is 0 Å². The molecule has 396 valence electrons. The molecular weight excluding hydrogens is 1080 g/mol. The molecular formula is C44H67Cl2N7O12P4S2. The van der Waals surface area contributed by atoms with Crippen molar-refractivity contribution in [3.8, 4) is 0 Å². The fraction of sp³-hybridized carbons (Fsp3) is 0.545. The third kappa shape index (κ3) is 19.2. The second-order valence-electron chi connectivity index (χ2n) is 16.7. The Balaban J connectivity index is 1.36. The van der Waals surface area contributed by atoms with Gasteiger partial charge in [-0.15, -0.1) is 0 Å². The van der Waals surface area contributed by atoms with E-state index < -0.39 is 48.9 Å². The van der Waals surface area contributed by atoms with Crippen molar-refractivity contribution in [2.45, 2.75) is 96.2 Å². The largest absolute Gasteiger partial charge is 0.351 e. The highest BCUT2D eigenvalue weighted by Crippen LogP contribution is 2.59.